The van der Waals surface area contributed by atoms with E-state index < -0.39 is 0 Å². The number of rotatable bonds is 7. The van der Waals surface area contributed by atoms with E-state index in [1.165, 1.54) is 4.90 Å². The summed E-state index contributed by atoms with van der Waals surface area (Å²) in [5.74, 6) is 0.149. The molecule has 0 spiro atoms. The van der Waals surface area contributed by atoms with E-state index in [0.29, 0.717) is 48.0 Å². The number of piperidine rings is 1. The quantitative estimate of drug-likeness (QED) is 0.655. The topological polar surface area (TPSA) is 73.3 Å². The summed E-state index contributed by atoms with van der Waals surface area (Å²) in [7, 11) is 3.84. The molecule has 0 aromatic heterocycles. The molecule has 2 aromatic rings. The normalized spacial score (nSPS) is 18.8. The molecule has 7 heteroatoms. The Morgan fingerprint density at radius 1 is 1.09 bits per heavy atom. The average Bonchev–Trinajstić information content (AvgIpc) is 3.09. The van der Waals surface area contributed by atoms with Crippen LogP contribution in [0.5, 0.6) is 5.75 Å². The number of likely N-dealkylation sites (tertiary alicyclic amines) is 1. The third-order valence-electron chi connectivity index (χ3n) is 6.21. The Bertz CT molecular complexity index is 1060. The lowest BCUT2D eigenvalue weighted by Gasteiger charge is -2.34. The number of amides is 2. The summed E-state index contributed by atoms with van der Waals surface area (Å²) in [5, 5.41) is 9.72. The Labute approximate surface area is 194 Å². The van der Waals surface area contributed by atoms with Crippen LogP contribution >= 0.6 is 0 Å². The van der Waals surface area contributed by atoms with Crippen molar-refractivity contribution < 1.29 is 19.4 Å². The molecule has 1 unspecified atom stereocenters. The average molecular weight is 450 g/mol. The molecule has 33 heavy (non-hydrogen) atoms. The maximum atomic E-state index is 13.7. The second kappa shape index (κ2) is 9.67. The minimum absolute atomic E-state index is 0.0684. The number of aliphatic hydroxyl groups excluding tert-OH is 1. The molecule has 2 amide bonds. The van der Waals surface area contributed by atoms with Gasteiger partial charge in [0, 0.05) is 39.5 Å². The molecule has 1 saturated heterocycles. The van der Waals surface area contributed by atoms with Crippen LogP contribution in [0.3, 0.4) is 0 Å². The summed E-state index contributed by atoms with van der Waals surface area (Å²) in [6, 6.07) is 14.7. The fourth-order valence-electron chi connectivity index (χ4n) is 4.52. The van der Waals surface area contributed by atoms with Crippen LogP contribution in [0.15, 0.2) is 54.2 Å². The Morgan fingerprint density at radius 3 is 2.52 bits per heavy atom. The molecule has 0 bridgehead atoms. The largest absolute Gasteiger partial charge is 0.494 e. The van der Waals surface area contributed by atoms with E-state index in [9.17, 15) is 14.7 Å². The van der Waals surface area contributed by atoms with Gasteiger partial charge < -0.3 is 19.6 Å². The van der Waals surface area contributed by atoms with Crippen LogP contribution in [0, 0.1) is 5.92 Å². The van der Waals surface area contributed by atoms with Gasteiger partial charge in [-0.3, -0.25) is 9.59 Å². The second-order valence-electron chi connectivity index (χ2n) is 8.68. The summed E-state index contributed by atoms with van der Waals surface area (Å²) in [6.45, 7) is 3.77. The van der Waals surface area contributed by atoms with E-state index in [0.717, 1.165) is 18.5 Å². The predicted molar refractivity (Wildman–Crippen MR) is 129 cm³/mol. The number of imide groups is 1. The number of aliphatic hydroxyl groups is 1. The van der Waals surface area contributed by atoms with Crippen molar-refractivity contribution in [2.24, 2.45) is 5.92 Å². The van der Waals surface area contributed by atoms with E-state index in [1.807, 2.05) is 73.3 Å². The van der Waals surface area contributed by atoms with Gasteiger partial charge in [0.15, 0.2) is 0 Å². The highest BCUT2D eigenvalue weighted by Gasteiger charge is 2.43. The molecular weight excluding hydrogens is 418 g/mol. The van der Waals surface area contributed by atoms with Crippen LogP contribution in [-0.2, 0) is 9.59 Å². The highest BCUT2D eigenvalue weighted by atomic mass is 16.5. The molecule has 7 nitrogen and oxygen atoms in total. The predicted octanol–water partition coefficient (Wildman–Crippen LogP) is 3.14. The summed E-state index contributed by atoms with van der Waals surface area (Å²) in [6.07, 6.45) is 1.78. The Balaban J connectivity index is 1.78. The highest BCUT2D eigenvalue weighted by Crippen LogP contribution is 2.37. The van der Waals surface area contributed by atoms with E-state index in [4.69, 9.17) is 4.74 Å². The zero-order chi connectivity index (χ0) is 23.5. The third kappa shape index (κ3) is 4.46. The lowest BCUT2D eigenvalue weighted by molar-refractivity contribution is -0.120. The van der Waals surface area contributed by atoms with Crippen LogP contribution < -0.4 is 14.5 Å². The van der Waals surface area contributed by atoms with Crippen LogP contribution in [0.2, 0.25) is 0 Å². The van der Waals surface area contributed by atoms with Crippen molar-refractivity contribution in [3.8, 4) is 5.75 Å². The number of hydrogen-bond acceptors (Lipinski definition) is 6. The molecule has 1 N–H and O–H groups in total. The zero-order valence-electron chi connectivity index (χ0n) is 19.5. The molecule has 2 aliphatic heterocycles. The van der Waals surface area contributed by atoms with Crippen molar-refractivity contribution in [2.75, 3.05) is 50.2 Å². The molecule has 1 fully saturated rings. The first kappa shape index (κ1) is 22.9. The van der Waals surface area contributed by atoms with E-state index in [2.05, 4.69) is 0 Å². The SMILES string of the molecule is CCOc1ccc(C2=C(N3CCCC(CO)C3)C(=O)N(c3cccc(N(C)C)c3)C2=O)cc1. The van der Waals surface area contributed by atoms with E-state index in [1.54, 1.807) is 6.07 Å². The minimum atomic E-state index is -0.332. The zero-order valence-corrected chi connectivity index (χ0v) is 19.5. The lowest BCUT2D eigenvalue weighted by Crippen LogP contribution is -2.40. The smallest absolute Gasteiger partial charge is 0.282 e. The molecule has 2 aliphatic rings. The van der Waals surface area contributed by atoms with Gasteiger partial charge in [-0.2, -0.15) is 0 Å². The van der Waals surface area contributed by atoms with Gasteiger partial charge in [0.25, 0.3) is 11.8 Å². The number of anilines is 2. The molecule has 2 aromatic carbocycles. The van der Waals surface area contributed by atoms with Crippen molar-refractivity contribution in [2.45, 2.75) is 19.8 Å². The molecule has 0 saturated carbocycles. The van der Waals surface area contributed by atoms with Gasteiger partial charge in [-0.05, 0) is 61.6 Å². The number of benzene rings is 2. The fourth-order valence-corrected chi connectivity index (χ4v) is 4.52. The minimum Gasteiger partial charge on any atom is -0.494 e. The number of ether oxygens (including phenoxy) is 1. The van der Waals surface area contributed by atoms with E-state index >= 15 is 0 Å². The molecule has 2 heterocycles. The first-order chi connectivity index (χ1) is 15.9. The van der Waals surface area contributed by atoms with Gasteiger partial charge in [0.2, 0.25) is 0 Å². The van der Waals surface area contributed by atoms with Gasteiger partial charge in [0.1, 0.15) is 11.4 Å². The van der Waals surface area contributed by atoms with Gasteiger partial charge in [-0.15, -0.1) is 0 Å². The summed E-state index contributed by atoms with van der Waals surface area (Å²) >= 11 is 0. The van der Waals surface area contributed by atoms with Gasteiger partial charge in [-0.25, -0.2) is 4.90 Å². The fraction of sp³-hybridized carbons (Fsp3) is 0.385. The molecular formula is C26H31N3O4. The van der Waals surface area contributed by atoms with Crippen molar-refractivity contribution in [1.82, 2.24) is 4.90 Å². The van der Waals surface area contributed by atoms with Gasteiger partial charge in [-0.1, -0.05) is 18.2 Å². The maximum Gasteiger partial charge on any atom is 0.282 e. The number of carbonyl (C=O) groups excluding carboxylic acids is 2. The van der Waals surface area contributed by atoms with Crippen molar-refractivity contribution in [1.29, 1.82) is 0 Å². The van der Waals surface area contributed by atoms with Crippen LogP contribution in [-0.4, -0.2) is 62.2 Å². The van der Waals surface area contributed by atoms with Crippen LogP contribution in [0.1, 0.15) is 25.3 Å². The van der Waals surface area contributed by atoms with Gasteiger partial charge >= 0.3 is 0 Å². The lowest BCUT2D eigenvalue weighted by atomic mass is 9.97. The standard InChI is InChI=1S/C26H31N3O4/c1-4-33-22-12-10-19(11-13-22)23-24(28-14-6-7-18(16-28)17-30)26(32)29(25(23)31)21-9-5-8-20(15-21)27(2)3/h5,8-13,15,18,30H,4,6-7,14,16-17H2,1-3H3. The first-order valence-corrected chi connectivity index (χ1v) is 11.4. The number of nitrogens with zero attached hydrogens (tertiary/aromatic N) is 3. The molecule has 0 radical (unpaired) electrons. The second-order valence-corrected chi connectivity index (χ2v) is 8.68. The summed E-state index contributed by atoms with van der Waals surface area (Å²) in [4.78, 5) is 32.7. The molecule has 1 atom stereocenters. The van der Waals surface area contributed by atoms with Crippen molar-refractivity contribution in [3.63, 3.8) is 0 Å². The van der Waals surface area contributed by atoms with Crippen molar-refractivity contribution in [3.05, 3.63) is 59.8 Å². The van der Waals surface area contributed by atoms with E-state index in [-0.39, 0.29) is 24.3 Å². The van der Waals surface area contributed by atoms with Gasteiger partial charge in [0.05, 0.1) is 17.9 Å². The number of hydrogen-bond donors (Lipinski definition) is 1. The summed E-state index contributed by atoms with van der Waals surface area (Å²) < 4.78 is 5.55. The molecule has 174 valence electrons. The number of carbonyl (C=O) groups is 2. The summed E-state index contributed by atoms with van der Waals surface area (Å²) in [5.41, 5.74) is 2.95. The first-order valence-electron chi connectivity index (χ1n) is 11.4. The highest BCUT2D eigenvalue weighted by molar-refractivity contribution is 6.45. The van der Waals surface area contributed by atoms with Crippen LogP contribution in [0.25, 0.3) is 5.57 Å². The monoisotopic (exact) mass is 449 g/mol. The third-order valence-corrected chi connectivity index (χ3v) is 6.21. The Hall–Kier alpha value is -3.32. The molecule has 4 rings (SSSR count). The van der Waals surface area contributed by atoms with Crippen LogP contribution in [0.4, 0.5) is 11.4 Å². The van der Waals surface area contributed by atoms with Crippen molar-refractivity contribution >= 4 is 28.8 Å². The Kier molecular flexibility index (Phi) is 6.70. The Morgan fingerprint density at radius 2 is 1.85 bits per heavy atom. The molecule has 0 aliphatic carbocycles. The maximum absolute atomic E-state index is 13.7.